The van der Waals surface area contributed by atoms with Crippen molar-refractivity contribution in [2.45, 2.75) is 13.0 Å². The Balaban J connectivity index is 2.18. The number of nitrogens with zero attached hydrogens (tertiary/aromatic N) is 1. The Bertz CT molecular complexity index is 376. The van der Waals surface area contributed by atoms with Crippen molar-refractivity contribution < 1.29 is 8.78 Å². The summed E-state index contributed by atoms with van der Waals surface area (Å²) in [6.45, 7) is 4.60. The lowest BCUT2D eigenvalue weighted by molar-refractivity contribution is 0.147. The van der Waals surface area contributed by atoms with Crippen LogP contribution in [0.25, 0.3) is 0 Å². The van der Waals surface area contributed by atoms with Gasteiger partial charge in [0.1, 0.15) is 12.5 Å². The fourth-order valence-electron chi connectivity index (χ4n) is 2.21. The smallest absolute Gasteiger partial charge is 0.126 e. The van der Waals surface area contributed by atoms with Gasteiger partial charge in [-0.15, -0.1) is 0 Å². The van der Waals surface area contributed by atoms with Crippen LogP contribution >= 0.6 is 0 Å². The van der Waals surface area contributed by atoms with Crippen LogP contribution in [-0.2, 0) is 0 Å². The van der Waals surface area contributed by atoms with Crippen molar-refractivity contribution >= 4 is 0 Å². The highest BCUT2D eigenvalue weighted by Gasteiger charge is 2.22. The first-order valence-electron chi connectivity index (χ1n) is 5.99. The summed E-state index contributed by atoms with van der Waals surface area (Å²) >= 11 is 0. The van der Waals surface area contributed by atoms with Crippen LogP contribution in [0, 0.1) is 12.7 Å². The number of halogens is 2. The van der Waals surface area contributed by atoms with E-state index in [0.29, 0.717) is 5.56 Å². The predicted octanol–water partition coefficient (Wildman–Crippen LogP) is 2.05. The molecule has 0 aliphatic carbocycles. The third-order valence-corrected chi connectivity index (χ3v) is 3.32. The molecule has 1 saturated heterocycles. The second-order valence-corrected chi connectivity index (χ2v) is 4.46. The molecule has 1 aliphatic rings. The molecule has 1 fully saturated rings. The molecule has 1 heterocycles. The highest BCUT2D eigenvalue weighted by Crippen LogP contribution is 2.23. The number of benzene rings is 1. The summed E-state index contributed by atoms with van der Waals surface area (Å²) in [5, 5.41) is 3.23. The summed E-state index contributed by atoms with van der Waals surface area (Å²) in [6, 6.07) is 4.69. The maximum absolute atomic E-state index is 13.5. The first-order valence-corrected chi connectivity index (χ1v) is 5.99. The summed E-state index contributed by atoms with van der Waals surface area (Å²) in [6.07, 6.45) is 0. The van der Waals surface area contributed by atoms with Gasteiger partial charge in [0.15, 0.2) is 0 Å². The van der Waals surface area contributed by atoms with E-state index in [0.717, 1.165) is 31.7 Å². The van der Waals surface area contributed by atoms with Gasteiger partial charge in [0.25, 0.3) is 0 Å². The van der Waals surface area contributed by atoms with E-state index >= 15 is 0 Å². The van der Waals surface area contributed by atoms with Crippen LogP contribution in [0.15, 0.2) is 18.2 Å². The van der Waals surface area contributed by atoms with Crippen molar-refractivity contribution in [3.8, 4) is 0 Å². The topological polar surface area (TPSA) is 15.3 Å². The molecule has 0 bridgehead atoms. The monoisotopic (exact) mass is 240 g/mol. The first kappa shape index (κ1) is 12.5. The fraction of sp³-hybridized carbons (Fsp3) is 0.538. The zero-order chi connectivity index (χ0) is 12.3. The van der Waals surface area contributed by atoms with Crippen LogP contribution < -0.4 is 5.32 Å². The van der Waals surface area contributed by atoms with Crippen molar-refractivity contribution in [2.75, 3.05) is 32.9 Å². The number of rotatable bonds is 3. The van der Waals surface area contributed by atoms with E-state index in [1.165, 1.54) is 6.07 Å². The molecule has 94 valence electrons. The van der Waals surface area contributed by atoms with E-state index in [9.17, 15) is 8.78 Å². The third kappa shape index (κ3) is 2.82. The van der Waals surface area contributed by atoms with Crippen LogP contribution in [0.2, 0.25) is 0 Å². The van der Waals surface area contributed by atoms with Crippen molar-refractivity contribution in [3.05, 3.63) is 35.1 Å². The van der Waals surface area contributed by atoms with Gasteiger partial charge in [0.2, 0.25) is 0 Å². The normalized spacial score (nSPS) is 19.2. The molecule has 0 spiro atoms. The maximum Gasteiger partial charge on any atom is 0.126 e. The molecule has 1 N–H and O–H groups in total. The molecule has 0 amide bonds. The summed E-state index contributed by atoms with van der Waals surface area (Å²) in [4.78, 5) is 2.07. The van der Waals surface area contributed by atoms with Crippen LogP contribution in [0.3, 0.4) is 0 Å². The summed E-state index contributed by atoms with van der Waals surface area (Å²) in [7, 11) is 0. The number of nitrogens with one attached hydrogen (secondary N) is 1. The quantitative estimate of drug-likeness (QED) is 0.870. The van der Waals surface area contributed by atoms with Crippen molar-refractivity contribution in [1.82, 2.24) is 10.2 Å². The van der Waals surface area contributed by atoms with Gasteiger partial charge in [-0.3, -0.25) is 4.90 Å². The van der Waals surface area contributed by atoms with Crippen LogP contribution in [0.1, 0.15) is 17.2 Å². The van der Waals surface area contributed by atoms with Crippen LogP contribution in [-0.4, -0.2) is 37.8 Å². The average Bonchev–Trinajstić information content (AvgIpc) is 2.36. The molecule has 0 aromatic heterocycles. The number of hydrogen-bond donors (Lipinski definition) is 1. The predicted molar refractivity (Wildman–Crippen MR) is 64.3 cm³/mol. The average molecular weight is 240 g/mol. The van der Waals surface area contributed by atoms with Crippen LogP contribution in [0.4, 0.5) is 8.78 Å². The highest BCUT2D eigenvalue weighted by molar-refractivity contribution is 5.26. The molecular weight excluding hydrogens is 222 g/mol. The second kappa shape index (κ2) is 5.56. The summed E-state index contributed by atoms with van der Waals surface area (Å²) < 4.78 is 26.7. The lowest BCUT2D eigenvalue weighted by Crippen LogP contribution is -2.45. The standard InChI is InChI=1S/C13H18F2N2/c1-10-2-3-11(8-12(10)15)13(9-14)17-6-4-16-5-7-17/h2-3,8,13,16H,4-7,9H2,1H3/t13-/m0/s1. The minimum absolute atomic E-state index is 0.254. The lowest BCUT2D eigenvalue weighted by atomic mass is 10.0. The Labute approximate surface area is 101 Å². The number of alkyl halides is 1. The van der Waals surface area contributed by atoms with Gasteiger partial charge in [0, 0.05) is 26.2 Å². The van der Waals surface area contributed by atoms with E-state index in [-0.39, 0.29) is 11.9 Å². The van der Waals surface area contributed by atoms with E-state index < -0.39 is 6.67 Å². The van der Waals surface area contributed by atoms with Crippen LogP contribution in [0.5, 0.6) is 0 Å². The van der Waals surface area contributed by atoms with Gasteiger partial charge in [-0.2, -0.15) is 0 Å². The van der Waals surface area contributed by atoms with Gasteiger partial charge in [-0.1, -0.05) is 12.1 Å². The molecule has 1 aromatic rings. The van der Waals surface area contributed by atoms with E-state index in [1.807, 2.05) is 6.07 Å². The number of aryl methyl sites for hydroxylation is 1. The molecule has 0 saturated carbocycles. The van der Waals surface area contributed by atoms with Gasteiger partial charge in [-0.25, -0.2) is 8.78 Å². The highest BCUT2D eigenvalue weighted by atomic mass is 19.1. The van der Waals surface area contributed by atoms with Gasteiger partial charge < -0.3 is 5.32 Å². The van der Waals surface area contributed by atoms with Crippen molar-refractivity contribution in [1.29, 1.82) is 0 Å². The zero-order valence-electron chi connectivity index (χ0n) is 10.0. The molecular formula is C13H18F2N2. The zero-order valence-corrected chi connectivity index (χ0v) is 10.0. The van der Waals surface area contributed by atoms with Gasteiger partial charge >= 0.3 is 0 Å². The van der Waals surface area contributed by atoms with E-state index in [4.69, 9.17) is 0 Å². The Hall–Kier alpha value is -1.00. The Kier molecular flexibility index (Phi) is 4.07. The lowest BCUT2D eigenvalue weighted by Gasteiger charge is -2.33. The summed E-state index contributed by atoms with van der Waals surface area (Å²) in [5.74, 6) is -0.254. The molecule has 2 nitrogen and oxygen atoms in total. The second-order valence-electron chi connectivity index (χ2n) is 4.46. The van der Waals surface area contributed by atoms with E-state index in [2.05, 4.69) is 10.2 Å². The fourth-order valence-corrected chi connectivity index (χ4v) is 2.21. The summed E-state index contributed by atoms with van der Waals surface area (Å²) in [5.41, 5.74) is 1.34. The van der Waals surface area contributed by atoms with Crippen molar-refractivity contribution in [2.24, 2.45) is 0 Å². The van der Waals surface area contributed by atoms with E-state index in [1.54, 1.807) is 13.0 Å². The first-order chi connectivity index (χ1) is 8.22. The minimum Gasteiger partial charge on any atom is -0.314 e. The molecule has 1 aliphatic heterocycles. The number of hydrogen-bond acceptors (Lipinski definition) is 2. The third-order valence-electron chi connectivity index (χ3n) is 3.32. The molecule has 4 heteroatoms. The number of piperazine rings is 1. The van der Waals surface area contributed by atoms with Crippen molar-refractivity contribution in [3.63, 3.8) is 0 Å². The maximum atomic E-state index is 13.5. The molecule has 1 aromatic carbocycles. The van der Waals surface area contributed by atoms with Gasteiger partial charge in [-0.05, 0) is 24.1 Å². The SMILES string of the molecule is Cc1ccc([C@H](CF)N2CCNCC2)cc1F. The minimum atomic E-state index is -0.470. The Morgan fingerprint density at radius 1 is 1.35 bits per heavy atom. The molecule has 0 radical (unpaired) electrons. The Morgan fingerprint density at radius 3 is 2.65 bits per heavy atom. The molecule has 2 rings (SSSR count). The largest absolute Gasteiger partial charge is 0.314 e. The Morgan fingerprint density at radius 2 is 2.06 bits per heavy atom. The molecule has 17 heavy (non-hydrogen) atoms. The molecule has 0 unspecified atom stereocenters. The van der Waals surface area contributed by atoms with Gasteiger partial charge in [0.05, 0.1) is 6.04 Å². The molecule has 1 atom stereocenters.